The van der Waals surface area contributed by atoms with Crippen LogP contribution in [0.2, 0.25) is 0 Å². The standard InChI is InChI=1S/C9H12Cl4N4O2/c1-7(2)16(12)8(3)5(18)14(10)6(19)15(11)9(8,4)17(7)13/h1-4H3. The van der Waals surface area contributed by atoms with E-state index in [4.69, 9.17) is 47.1 Å². The number of hydrogen-bond donors (Lipinski definition) is 0. The zero-order valence-electron chi connectivity index (χ0n) is 10.6. The first-order chi connectivity index (χ1) is 8.45. The lowest BCUT2D eigenvalue weighted by atomic mass is 9.86. The molecular weight excluding hydrogens is 338 g/mol. The molecule has 2 saturated heterocycles. The molecule has 0 aliphatic carbocycles. The number of imide groups is 1. The molecule has 108 valence electrons. The highest BCUT2D eigenvalue weighted by molar-refractivity contribution is 6.37. The Morgan fingerprint density at radius 3 is 1.84 bits per heavy atom. The van der Waals surface area contributed by atoms with Gasteiger partial charge in [0.15, 0.2) is 11.2 Å². The van der Waals surface area contributed by atoms with Crippen molar-refractivity contribution >= 4 is 59.0 Å². The van der Waals surface area contributed by atoms with Crippen molar-refractivity contribution in [2.75, 3.05) is 0 Å². The number of hydrogen-bond acceptors (Lipinski definition) is 4. The zero-order chi connectivity index (χ0) is 15.0. The summed E-state index contributed by atoms with van der Waals surface area (Å²) in [7, 11) is 0. The lowest BCUT2D eigenvalue weighted by Gasteiger charge is -2.50. The van der Waals surface area contributed by atoms with Crippen molar-refractivity contribution in [3.63, 3.8) is 0 Å². The molecule has 2 unspecified atom stereocenters. The first-order valence-corrected chi connectivity index (χ1v) is 6.73. The summed E-state index contributed by atoms with van der Waals surface area (Å²) in [6.07, 6.45) is 0. The lowest BCUT2D eigenvalue weighted by molar-refractivity contribution is -0.142. The van der Waals surface area contributed by atoms with Gasteiger partial charge < -0.3 is 0 Å². The first-order valence-electron chi connectivity index (χ1n) is 5.37. The second-order valence-electron chi connectivity index (χ2n) is 5.30. The summed E-state index contributed by atoms with van der Waals surface area (Å²) in [4.78, 5) is 24.3. The van der Waals surface area contributed by atoms with E-state index in [0.717, 1.165) is 4.42 Å². The van der Waals surface area contributed by atoms with Crippen molar-refractivity contribution in [1.82, 2.24) is 17.7 Å². The van der Waals surface area contributed by atoms with Crippen molar-refractivity contribution < 1.29 is 9.59 Å². The minimum absolute atomic E-state index is 0.413. The molecular formula is C9H12Cl4N4O2. The van der Waals surface area contributed by atoms with E-state index in [1.807, 2.05) is 0 Å². The Hall–Kier alpha value is 0.0200. The highest BCUT2D eigenvalue weighted by atomic mass is 35.5. The van der Waals surface area contributed by atoms with Crippen molar-refractivity contribution in [3.8, 4) is 0 Å². The van der Waals surface area contributed by atoms with Crippen LogP contribution in [0.1, 0.15) is 27.7 Å². The van der Waals surface area contributed by atoms with Gasteiger partial charge in [0.05, 0.1) is 0 Å². The van der Waals surface area contributed by atoms with Crippen molar-refractivity contribution in [2.45, 2.75) is 44.6 Å². The van der Waals surface area contributed by atoms with Crippen LogP contribution in [0.25, 0.3) is 0 Å². The van der Waals surface area contributed by atoms with Gasteiger partial charge >= 0.3 is 6.03 Å². The molecule has 2 aliphatic heterocycles. The van der Waals surface area contributed by atoms with Gasteiger partial charge in [-0.2, -0.15) is 13.3 Å². The molecule has 0 aromatic rings. The normalized spacial score (nSPS) is 40.0. The fourth-order valence-electron chi connectivity index (χ4n) is 2.63. The van der Waals surface area contributed by atoms with Crippen LogP contribution in [-0.4, -0.2) is 46.5 Å². The molecule has 0 aromatic heterocycles. The number of nitrogens with zero attached hydrogens (tertiary/aromatic N) is 4. The molecule has 2 atom stereocenters. The predicted octanol–water partition coefficient (Wildman–Crippen LogP) is 2.69. The molecule has 0 saturated carbocycles. The van der Waals surface area contributed by atoms with Crippen molar-refractivity contribution in [2.24, 2.45) is 0 Å². The van der Waals surface area contributed by atoms with Gasteiger partial charge in [-0.15, -0.1) is 0 Å². The van der Waals surface area contributed by atoms with Crippen molar-refractivity contribution in [1.29, 1.82) is 0 Å². The Morgan fingerprint density at radius 2 is 1.37 bits per heavy atom. The second-order valence-corrected chi connectivity index (χ2v) is 6.65. The Bertz CT molecular complexity index is 475. The van der Waals surface area contributed by atoms with Crippen LogP contribution in [0.15, 0.2) is 0 Å². The Morgan fingerprint density at radius 1 is 0.895 bits per heavy atom. The predicted molar refractivity (Wildman–Crippen MR) is 72.1 cm³/mol. The Labute approximate surface area is 131 Å². The summed E-state index contributed by atoms with van der Waals surface area (Å²) in [6, 6.07) is -0.873. The van der Waals surface area contributed by atoms with E-state index in [1.165, 1.54) is 15.8 Å². The van der Waals surface area contributed by atoms with Crippen LogP contribution >= 0.6 is 47.1 Å². The van der Waals surface area contributed by atoms with E-state index in [9.17, 15) is 9.59 Å². The topological polar surface area (TPSA) is 47.1 Å². The molecule has 0 radical (unpaired) electrons. The van der Waals surface area contributed by atoms with E-state index in [1.54, 1.807) is 20.8 Å². The third-order valence-corrected chi connectivity index (χ3v) is 6.24. The van der Waals surface area contributed by atoms with Crippen LogP contribution < -0.4 is 0 Å². The molecule has 2 heterocycles. The number of amides is 3. The molecule has 2 aliphatic rings. The molecule has 6 nitrogen and oxygen atoms in total. The zero-order valence-corrected chi connectivity index (χ0v) is 13.6. The van der Waals surface area contributed by atoms with Gasteiger partial charge in [-0.05, 0) is 51.2 Å². The van der Waals surface area contributed by atoms with Gasteiger partial charge in [-0.3, -0.25) is 4.79 Å². The van der Waals surface area contributed by atoms with E-state index < -0.39 is 28.8 Å². The second kappa shape index (κ2) is 4.02. The summed E-state index contributed by atoms with van der Waals surface area (Å²) < 4.78 is 3.68. The van der Waals surface area contributed by atoms with E-state index in [2.05, 4.69) is 0 Å². The maximum atomic E-state index is 12.4. The van der Waals surface area contributed by atoms with E-state index >= 15 is 0 Å². The van der Waals surface area contributed by atoms with Crippen LogP contribution in [0.4, 0.5) is 4.79 Å². The number of urea groups is 1. The third-order valence-electron chi connectivity index (χ3n) is 3.97. The molecule has 3 amide bonds. The highest BCUT2D eigenvalue weighted by Gasteiger charge is 2.76. The smallest absolute Gasteiger partial charge is 0.271 e. The molecule has 10 heteroatoms. The maximum Gasteiger partial charge on any atom is 0.358 e. The lowest BCUT2D eigenvalue weighted by Crippen LogP contribution is -2.74. The Kier molecular flexibility index (Phi) is 3.26. The van der Waals surface area contributed by atoms with E-state index in [-0.39, 0.29) is 0 Å². The van der Waals surface area contributed by atoms with Gasteiger partial charge in [0.25, 0.3) is 5.91 Å². The van der Waals surface area contributed by atoms with Gasteiger partial charge in [0.1, 0.15) is 5.66 Å². The summed E-state index contributed by atoms with van der Waals surface area (Å²) in [5.41, 5.74) is -3.70. The fourth-order valence-corrected chi connectivity index (χ4v) is 3.93. The van der Waals surface area contributed by atoms with Crippen LogP contribution in [0.3, 0.4) is 0 Å². The average molecular weight is 350 g/mol. The molecule has 0 N–H and O–H groups in total. The van der Waals surface area contributed by atoms with Crippen LogP contribution in [0.5, 0.6) is 0 Å². The largest absolute Gasteiger partial charge is 0.358 e. The highest BCUT2D eigenvalue weighted by Crippen LogP contribution is 2.56. The monoisotopic (exact) mass is 348 g/mol. The maximum absolute atomic E-state index is 12.4. The van der Waals surface area contributed by atoms with Gasteiger partial charge in [-0.25, -0.2) is 9.21 Å². The molecule has 19 heavy (non-hydrogen) atoms. The fraction of sp³-hybridized carbons (Fsp3) is 0.778. The summed E-state index contributed by atoms with van der Waals surface area (Å²) in [5, 5.41) is 0. The number of halogens is 4. The van der Waals surface area contributed by atoms with Gasteiger partial charge in [0, 0.05) is 23.6 Å². The molecule has 2 rings (SSSR count). The number of rotatable bonds is 0. The van der Waals surface area contributed by atoms with Gasteiger partial charge in [0.2, 0.25) is 0 Å². The SMILES string of the molecule is CC1(C)N(Cl)C2(C)C(=O)N(Cl)C(=O)N(Cl)C2(C)N1Cl. The van der Waals surface area contributed by atoms with Crippen molar-refractivity contribution in [3.05, 3.63) is 0 Å². The van der Waals surface area contributed by atoms with Crippen LogP contribution in [-0.2, 0) is 4.79 Å². The first kappa shape index (κ1) is 15.4. The summed E-state index contributed by atoms with van der Waals surface area (Å²) in [6.45, 7) is 6.48. The van der Waals surface area contributed by atoms with E-state index in [0.29, 0.717) is 4.42 Å². The summed E-state index contributed by atoms with van der Waals surface area (Å²) >= 11 is 24.3. The third kappa shape index (κ3) is 1.42. The van der Waals surface area contributed by atoms with Crippen LogP contribution in [0, 0.1) is 0 Å². The molecule has 0 aromatic carbocycles. The molecule has 2 fully saturated rings. The Balaban J connectivity index is 2.73. The molecule has 0 bridgehead atoms. The minimum Gasteiger partial charge on any atom is -0.271 e. The number of carbonyl (C=O) groups is 2. The quantitative estimate of drug-likeness (QED) is 0.631. The molecule has 0 spiro atoms. The average Bonchev–Trinajstić information content (AvgIpc) is 2.47. The summed E-state index contributed by atoms with van der Waals surface area (Å²) in [5.74, 6) is -0.690. The number of carbonyl (C=O) groups excluding carboxylic acids is 2. The number of fused-ring (bicyclic) bond motifs is 1. The minimum atomic E-state index is -1.41. The van der Waals surface area contributed by atoms with Gasteiger partial charge in [-0.1, -0.05) is 0 Å².